The first-order chi connectivity index (χ1) is 17.4. The van der Waals surface area contributed by atoms with Crippen molar-refractivity contribution in [1.29, 1.82) is 0 Å². The number of benzene rings is 1. The van der Waals surface area contributed by atoms with Gasteiger partial charge in [0.25, 0.3) is 0 Å². The topological polar surface area (TPSA) is 81.7 Å². The van der Waals surface area contributed by atoms with Crippen molar-refractivity contribution >= 4 is 29.1 Å². The Kier molecular flexibility index (Phi) is 8.09. The number of dihydropyridines is 1. The molecule has 2 aromatic rings. The summed E-state index contributed by atoms with van der Waals surface area (Å²) in [6.07, 6.45) is 1.95. The van der Waals surface area contributed by atoms with E-state index in [2.05, 4.69) is 12.2 Å². The van der Waals surface area contributed by atoms with E-state index in [0.717, 1.165) is 33.8 Å². The number of thiophene rings is 1. The minimum Gasteiger partial charge on any atom is -0.465 e. The standard InChI is InChI=1S/C29H33NO5S/c1-5-11-20-26(29(33)35-7-3)23(18-13-9-8-12-17(18)4)25-21(30-20)16-19(22-14-10-15-36-22)24(27(25)31)28(32)34-6-2/h8-10,12-15,19,23-24,30H,5-7,11,16H2,1-4H3/t19-,23-,24+/m0/s1. The summed E-state index contributed by atoms with van der Waals surface area (Å²) in [7, 11) is 0. The van der Waals surface area contributed by atoms with E-state index in [0.29, 0.717) is 24.0 Å². The third-order valence-electron chi connectivity index (χ3n) is 6.85. The zero-order chi connectivity index (χ0) is 25.8. The number of hydrogen-bond donors (Lipinski definition) is 1. The van der Waals surface area contributed by atoms with Crippen molar-refractivity contribution in [2.75, 3.05) is 13.2 Å². The number of carbonyl (C=O) groups is 3. The van der Waals surface area contributed by atoms with Gasteiger partial charge in [0, 0.05) is 33.7 Å². The van der Waals surface area contributed by atoms with Gasteiger partial charge in [-0.3, -0.25) is 9.59 Å². The number of esters is 2. The molecular weight excluding hydrogens is 474 g/mol. The average molecular weight is 508 g/mol. The highest BCUT2D eigenvalue weighted by Crippen LogP contribution is 2.49. The van der Waals surface area contributed by atoms with Crippen LogP contribution >= 0.6 is 11.3 Å². The van der Waals surface area contributed by atoms with Gasteiger partial charge in [-0.25, -0.2) is 4.79 Å². The summed E-state index contributed by atoms with van der Waals surface area (Å²) >= 11 is 1.54. The number of allylic oxidation sites excluding steroid dienone is 3. The molecule has 4 rings (SSSR count). The lowest BCUT2D eigenvalue weighted by Gasteiger charge is -2.40. The molecule has 1 N–H and O–H groups in total. The van der Waals surface area contributed by atoms with Gasteiger partial charge in [0.15, 0.2) is 5.78 Å². The second-order valence-electron chi connectivity index (χ2n) is 9.09. The Hall–Kier alpha value is -3.19. The largest absolute Gasteiger partial charge is 0.465 e. The fourth-order valence-corrected chi connectivity index (χ4v) is 6.20. The molecule has 1 aliphatic heterocycles. The van der Waals surface area contributed by atoms with Crippen molar-refractivity contribution in [2.24, 2.45) is 5.92 Å². The van der Waals surface area contributed by atoms with Crippen LogP contribution in [0.1, 0.15) is 67.9 Å². The highest BCUT2D eigenvalue weighted by Gasteiger charge is 2.49. The average Bonchev–Trinajstić information content (AvgIpc) is 3.39. The molecule has 0 spiro atoms. The molecule has 0 unspecified atom stereocenters. The summed E-state index contributed by atoms with van der Waals surface area (Å²) in [5, 5.41) is 5.42. The van der Waals surface area contributed by atoms with Gasteiger partial charge in [-0.15, -0.1) is 11.3 Å². The smallest absolute Gasteiger partial charge is 0.336 e. The van der Waals surface area contributed by atoms with Gasteiger partial charge < -0.3 is 14.8 Å². The van der Waals surface area contributed by atoms with Crippen LogP contribution in [0.5, 0.6) is 0 Å². The van der Waals surface area contributed by atoms with Crippen LogP contribution in [-0.4, -0.2) is 30.9 Å². The molecule has 36 heavy (non-hydrogen) atoms. The molecule has 1 aromatic heterocycles. The van der Waals surface area contributed by atoms with Crippen molar-refractivity contribution in [3.05, 3.63) is 80.3 Å². The molecule has 0 amide bonds. The number of carbonyl (C=O) groups excluding carboxylic acids is 3. The molecule has 2 aliphatic rings. The van der Waals surface area contributed by atoms with Crippen LogP contribution in [0.3, 0.4) is 0 Å². The van der Waals surface area contributed by atoms with E-state index < -0.39 is 23.8 Å². The van der Waals surface area contributed by atoms with Crippen molar-refractivity contribution in [3.8, 4) is 0 Å². The highest BCUT2D eigenvalue weighted by molar-refractivity contribution is 7.10. The Morgan fingerprint density at radius 3 is 2.44 bits per heavy atom. The van der Waals surface area contributed by atoms with E-state index >= 15 is 0 Å². The molecule has 0 radical (unpaired) electrons. The van der Waals surface area contributed by atoms with Gasteiger partial charge >= 0.3 is 11.9 Å². The molecule has 1 aromatic carbocycles. The van der Waals surface area contributed by atoms with Gasteiger partial charge in [0.05, 0.1) is 18.8 Å². The molecule has 6 nitrogen and oxygen atoms in total. The minimum absolute atomic E-state index is 0.194. The van der Waals surface area contributed by atoms with Crippen LogP contribution in [0.2, 0.25) is 0 Å². The molecule has 7 heteroatoms. The van der Waals surface area contributed by atoms with E-state index in [-0.39, 0.29) is 24.9 Å². The van der Waals surface area contributed by atoms with E-state index in [4.69, 9.17) is 9.47 Å². The first-order valence-electron chi connectivity index (χ1n) is 12.6. The maximum atomic E-state index is 14.3. The molecule has 2 heterocycles. The zero-order valence-corrected chi connectivity index (χ0v) is 22.1. The molecule has 0 fully saturated rings. The fraction of sp³-hybridized carbons (Fsp3) is 0.414. The second kappa shape index (κ2) is 11.2. The molecular formula is C29H33NO5S. The van der Waals surface area contributed by atoms with Gasteiger partial charge in [-0.2, -0.15) is 0 Å². The third kappa shape index (κ3) is 4.76. The predicted molar refractivity (Wildman–Crippen MR) is 139 cm³/mol. The predicted octanol–water partition coefficient (Wildman–Crippen LogP) is 5.55. The van der Waals surface area contributed by atoms with Gasteiger partial charge in [-0.05, 0) is 56.2 Å². The maximum Gasteiger partial charge on any atom is 0.336 e. The Morgan fingerprint density at radius 1 is 1.06 bits per heavy atom. The van der Waals surface area contributed by atoms with E-state index in [1.807, 2.05) is 48.7 Å². The summed E-state index contributed by atoms with van der Waals surface area (Å²) in [4.78, 5) is 41.9. The Balaban J connectivity index is 1.94. The first-order valence-corrected chi connectivity index (χ1v) is 13.5. The number of nitrogens with one attached hydrogen (secondary N) is 1. The quantitative estimate of drug-likeness (QED) is 0.373. The lowest BCUT2D eigenvalue weighted by atomic mass is 9.67. The molecule has 3 atom stereocenters. The lowest BCUT2D eigenvalue weighted by molar-refractivity contribution is -0.152. The Labute approximate surface area is 216 Å². The van der Waals surface area contributed by atoms with Crippen molar-refractivity contribution in [3.63, 3.8) is 0 Å². The third-order valence-corrected chi connectivity index (χ3v) is 7.85. The molecule has 0 saturated carbocycles. The summed E-state index contributed by atoms with van der Waals surface area (Å²) in [6.45, 7) is 7.97. The van der Waals surface area contributed by atoms with E-state index in [1.165, 1.54) is 11.3 Å². The summed E-state index contributed by atoms with van der Waals surface area (Å²) in [6, 6.07) is 11.7. The molecule has 1 aliphatic carbocycles. The SMILES string of the molecule is CCCC1=C(C(=O)OCC)[C@@H](c2ccccc2C)C2=C(C[C@@H](c3cccs3)[C@@H](C(=O)OCC)C2=O)N1. The van der Waals surface area contributed by atoms with Crippen LogP contribution in [0, 0.1) is 12.8 Å². The first kappa shape index (κ1) is 25.9. The summed E-state index contributed by atoms with van der Waals surface area (Å²) in [5.41, 5.74) is 4.33. The Morgan fingerprint density at radius 2 is 1.81 bits per heavy atom. The number of rotatable bonds is 8. The van der Waals surface area contributed by atoms with Crippen molar-refractivity contribution < 1.29 is 23.9 Å². The van der Waals surface area contributed by atoms with Crippen molar-refractivity contribution in [2.45, 2.75) is 58.8 Å². The zero-order valence-electron chi connectivity index (χ0n) is 21.3. The molecule has 190 valence electrons. The Bertz CT molecular complexity index is 1210. The van der Waals surface area contributed by atoms with Crippen LogP contribution < -0.4 is 5.32 Å². The van der Waals surface area contributed by atoms with Gasteiger partial charge in [0.1, 0.15) is 5.92 Å². The molecule has 0 bridgehead atoms. The summed E-state index contributed by atoms with van der Waals surface area (Å²) < 4.78 is 10.9. The van der Waals surface area contributed by atoms with E-state index in [9.17, 15) is 14.4 Å². The lowest BCUT2D eigenvalue weighted by Crippen LogP contribution is -2.43. The number of Topliss-reactive ketones (excluding diaryl/α,β-unsaturated/α-hetero) is 1. The van der Waals surface area contributed by atoms with Crippen LogP contribution in [0.25, 0.3) is 0 Å². The number of ether oxygens (including phenoxy) is 2. The monoisotopic (exact) mass is 507 g/mol. The van der Waals surface area contributed by atoms with E-state index in [1.54, 1.807) is 13.8 Å². The van der Waals surface area contributed by atoms with Gasteiger partial charge in [-0.1, -0.05) is 43.7 Å². The summed E-state index contributed by atoms with van der Waals surface area (Å²) in [5.74, 6) is -3.15. The maximum absolute atomic E-state index is 14.3. The fourth-order valence-electron chi connectivity index (χ4n) is 5.34. The molecule has 0 saturated heterocycles. The van der Waals surface area contributed by atoms with Crippen molar-refractivity contribution in [1.82, 2.24) is 5.32 Å². The number of hydrogen-bond acceptors (Lipinski definition) is 7. The van der Waals surface area contributed by atoms with Crippen LogP contribution in [0.15, 0.2) is 64.3 Å². The second-order valence-corrected chi connectivity index (χ2v) is 10.1. The van der Waals surface area contributed by atoms with Crippen LogP contribution in [0.4, 0.5) is 0 Å². The van der Waals surface area contributed by atoms with Gasteiger partial charge in [0.2, 0.25) is 0 Å². The number of aryl methyl sites for hydroxylation is 1. The van der Waals surface area contributed by atoms with Crippen LogP contribution in [-0.2, 0) is 23.9 Å². The highest BCUT2D eigenvalue weighted by atomic mass is 32.1. The minimum atomic E-state index is -0.966. The normalized spacial score (nSPS) is 21.7. The number of ketones is 1.